The maximum absolute atomic E-state index is 11.2. The molecule has 0 radical (unpaired) electrons. The maximum atomic E-state index is 11.2. The van der Waals surface area contributed by atoms with Gasteiger partial charge in [0.25, 0.3) is 0 Å². The molecule has 0 aliphatic carbocycles. The molecule has 0 aromatic carbocycles. The van der Waals surface area contributed by atoms with Gasteiger partial charge in [0.15, 0.2) is 0 Å². The molecule has 0 heterocycles. The second-order valence-corrected chi connectivity index (χ2v) is 6.31. The molecule has 0 aliphatic rings. The lowest BCUT2D eigenvalue weighted by atomic mass is 9.91. The van der Waals surface area contributed by atoms with E-state index in [2.05, 4.69) is 0 Å². The molecule has 1 unspecified atom stereocenters. The van der Waals surface area contributed by atoms with Crippen molar-refractivity contribution in [2.45, 2.75) is 39.9 Å². The van der Waals surface area contributed by atoms with Crippen molar-refractivity contribution in [3.05, 3.63) is 11.6 Å². The first kappa shape index (κ1) is 12.7. The number of sulfonamides is 1. The van der Waals surface area contributed by atoms with Gasteiger partial charge in [-0.15, -0.1) is 0 Å². The highest BCUT2D eigenvalue weighted by Gasteiger charge is 2.31. The van der Waals surface area contributed by atoms with Crippen LogP contribution in [0.4, 0.5) is 0 Å². The van der Waals surface area contributed by atoms with E-state index in [-0.39, 0.29) is 5.41 Å². The lowest BCUT2D eigenvalue weighted by molar-refractivity contribution is 0.413. The van der Waals surface area contributed by atoms with Gasteiger partial charge in [0.2, 0.25) is 10.0 Å². The number of allylic oxidation sites excluding steroid dienone is 1. The summed E-state index contributed by atoms with van der Waals surface area (Å²) in [4.78, 5) is 0. The van der Waals surface area contributed by atoms with Crippen molar-refractivity contribution >= 4 is 10.0 Å². The number of primary sulfonamides is 1. The molecular formula is C9H19NO2S. The maximum Gasteiger partial charge on any atom is 0.216 e. The molecule has 0 aliphatic heterocycles. The van der Waals surface area contributed by atoms with Gasteiger partial charge in [-0.2, -0.15) is 0 Å². The first-order valence-corrected chi connectivity index (χ1v) is 5.82. The van der Waals surface area contributed by atoms with Gasteiger partial charge in [0.1, 0.15) is 0 Å². The summed E-state index contributed by atoms with van der Waals surface area (Å²) in [7, 11) is -3.49. The third-order valence-electron chi connectivity index (χ3n) is 1.69. The number of hydrogen-bond acceptors (Lipinski definition) is 2. The molecule has 0 rings (SSSR count). The van der Waals surface area contributed by atoms with E-state index in [1.807, 2.05) is 34.6 Å². The van der Waals surface area contributed by atoms with Crippen molar-refractivity contribution in [2.24, 2.45) is 10.6 Å². The molecule has 2 N–H and O–H groups in total. The molecule has 0 fully saturated rings. The first-order chi connectivity index (χ1) is 5.55. The summed E-state index contributed by atoms with van der Waals surface area (Å²) in [5.74, 6) is 0. The SMILES string of the molecule is CC(C)=CC(C(C)(C)C)S(N)(=O)=O. The number of rotatable bonds is 2. The average molecular weight is 205 g/mol. The molecule has 0 amide bonds. The van der Waals surface area contributed by atoms with Crippen LogP contribution in [-0.4, -0.2) is 13.7 Å². The molecule has 0 saturated carbocycles. The van der Waals surface area contributed by atoms with Crippen LogP contribution in [0, 0.1) is 5.41 Å². The molecule has 78 valence electrons. The zero-order valence-corrected chi connectivity index (χ0v) is 9.77. The largest absolute Gasteiger partial charge is 0.228 e. The minimum atomic E-state index is -3.49. The third kappa shape index (κ3) is 4.43. The highest BCUT2D eigenvalue weighted by Crippen LogP contribution is 2.26. The van der Waals surface area contributed by atoms with Crippen LogP contribution in [0.5, 0.6) is 0 Å². The highest BCUT2D eigenvalue weighted by molar-refractivity contribution is 7.90. The Hall–Kier alpha value is -0.350. The Labute approximate surface area is 81.1 Å². The van der Waals surface area contributed by atoms with Gasteiger partial charge < -0.3 is 0 Å². The van der Waals surface area contributed by atoms with Crippen LogP contribution in [0.15, 0.2) is 11.6 Å². The van der Waals surface area contributed by atoms with Crippen LogP contribution >= 0.6 is 0 Å². The summed E-state index contributed by atoms with van der Waals surface area (Å²) in [5, 5.41) is 4.54. The molecule has 3 nitrogen and oxygen atoms in total. The minimum absolute atomic E-state index is 0.356. The predicted octanol–water partition coefficient (Wildman–Crippen LogP) is 1.66. The van der Waals surface area contributed by atoms with E-state index in [1.165, 1.54) is 0 Å². The fourth-order valence-corrected chi connectivity index (χ4v) is 2.59. The normalized spacial score (nSPS) is 15.2. The van der Waals surface area contributed by atoms with Crippen molar-refractivity contribution in [1.29, 1.82) is 0 Å². The summed E-state index contributed by atoms with van der Waals surface area (Å²) in [6, 6.07) is 0. The van der Waals surface area contributed by atoms with Gasteiger partial charge in [-0.25, -0.2) is 13.6 Å². The van der Waals surface area contributed by atoms with Gasteiger partial charge in [0.05, 0.1) is 5.25 Å². The molecular weight excluding hydrogens is 186 g/mol. The van der Waals surface area contributed by atoms with E-state index in [0.717, 1.165) is 5.57 Å². The first-order valence-electron chi connectivity index (χ1n) is 4.22. The third-order valence-corrected chi connectivity index (χ3v) is 3.24. The minimum Gasteiger partial charge on any atom is -0.228 e. The zero-order valence-electron chi connectivity index (χ0n) is 8.96. The fourth-order valence-electron chi connectivity index (χ4n) is 1.14. The Kier molecular flexibility index (Phi) is 3.70. The molecule has 0 aromatic heterocycles. The second-order valence-electron chi connectivity index (χ2n) is 4.62. The molecule has 0 bridgehead atoms. The Morgan fingerprint density at radius 2 is 1.69 bits per heavy atom. The van der Waals surface area contributed by atoms with Gasteiger partial charge >= 0.3 is 0 Å². The van der Waals surface area contributed by atoms with Gasteiger partial charge in [-0.05, 0) is 19.3 Å². The van der Waals surface area contributed by atoms with Crippen molar-refractivity contribution in [3.63, 3.8) is 0 Å². The van der Waals surface area contributed by atoms with Crippen LogP contribution in [0.3, 0.4) is 0 Å². The van der Waals surface area contributed by atoms with Gasteiger partial charge in [-0.1, -0.05) is 32.4 Å². The smallest absolute Gasteiger partial charge is 0.216 e. The van der Waals surface area contributed by atoms with E-state index >= 15 is 0 Å². The highest BCUT2D eigenvalue weighted by atomic mass is 32.2. The monoisotopic (exact) mass is 205 g/mol. The van der Waals surface area contributed by atoms with Crippen molar-refractivity contribution in [1.82, 2.24) is 0 Å². The lowest BCUT2D eigenvalue weighted by Crippen LogP contribution is -2.37. The second kappa shape index (κ2) is 3.80. The lowest BCUT2D eigenvalue weighted by Gasteiger charge is -2.26. The molecule has 4 heteroatoms. The van der Waals surface area contributed by atoms with Crippen LogP contribution in [0.2, 0.25) is 0 Å². The van der Waals surface area contributed by atoms with Crippen LogP contribution < -0.4 is 5.14 Å². The summed E-state index contributed by atoms with van der Waals surface area (Å²) < 4.78 is 22.5. The van der Waals surface area contributed by atoms with Crippen molar-refractivity contribution in [3.8, 4) is 0 Å². The van der Waals surface area contributed by atoms with Crippen LogP contribution in [0.25, 0.3) is 0 Å². The number of hydrogen-bond donors (Lipinski definition) is 1. The van der Waals surface area contributed by atoms with Crippen molar-refractivity contribution < 1.29 is 8.42 Å². The predicted molar refractivity (Wildman–Crippen MR) is 55.8 cm³/mol. The Balaban J connectivity index is 5.15. The summed E-state index contributed by atoms with van der Waals surface area (Å²) >= 11 is 0. The Morgan fingerprint density at radius 3 is 1.77 bits per heavy atom. The van der Waals surface area contributed by atoms with E-state index in [0.29, 0.717) is 0 Å². The van der Waals surface area contributed by atoms with E-state index in [9.17, 15) is 8.42 Å². The molecule has 0 saturated heterocycles. The average Bonchev–Trinajstić information content (AvgIpc) is 1.77. The van der Waals surface area contributed by atoms with Crippen LogP contribution in [-0.2, 0) is 10.0 Å². The molecule has 0 aromatic rings. The molecule has 1 atom stereocenters. The summed E-state index contributed by atoms with van der Waals surface area (Å²) in [6.07, 6.45) is 1.70. The van der Waals surface area contributed by atoms with E-state index in [4.69, 9.17) is 5.14 Å². The van der Waals surface area contributed by atoms with E-state index < -0.39 is 15.3 Å². The summed E-state index contributed by atoms with van der Waals surface area (Å²) in [5.41, 5.74) is 0.610. The number of nitrogens with two attached hydrogens (primary N) is 1. The molecule has 0 spiro atoms. The molecule has 13 heavy (non-hydrogen) atoms. The standard InChI is InChI=1S/C9H19NO2S/c1-7(2)6-8(9(3,4)5)13(10,11)12/h6,8H,1-5H3,(H2,10,11,12). The van der Waals surface area contributed by atoms with Gasteiger partial charge in [-0.3, -0.25) is 0 Å². The van der Waals surface area contributed by atoms with E-state index in [1.54, 1.807) is 6.08 Å². The topological polar surface area (TPSA) is 60.2 Å². The summed E-state index contributed by atoms with van der Waals surface area (Å²) in [6.45, 7) is 9.32. The Bertz CT molecular complexity index is 292. The van der Waals surface area contributed by atoms with Crippen molar-refractivity contribution in [2.75, 3.05) is 0 Å². The zero-order chi connectivity index (χ0) is 10.9. The Morgan fingerprint density at radius 1 is 1.31 bits per heavy atom. The van der Waals surface area contributed by atoms with Gasteiger partial charge in [0, 0.05) is 0 Å². The van der Waals surface area contributed by atoms with Crippen LogP contribution in [0.1, 0.15) is 34.6 Å². The fraction of sp³-hybridized carbons (Fsp3) is 0.778. The quantitative estimate of drug-likeness (QED) is 0.697.